The molecule has 0 amide bonds. The standard InChI is InChI=1S/C25H42O2/c1-4-6-7-8-9-10-11-12-13-16-20-26-21-23(3)22-27-25-19-15-14-18-24(25)17-5-2/h5,14-15,17-19,23H,4,6-13,16,20-22H2,1-3H3. The fourth-order valence-electron chi connectivity index (χ4n) is 3.19. The normalized spacial score (nSPS) is 12.6. The fourth-order valence-corrected chi connectivity index (χ4v) is 3.19. The van der Waals surface area contributed by atoms with Gasteiger partial charge >= 0.3 is 0 Å². The van der Waals surface area contributed by atoms with E-state index in [1.54, 1.807) is 0 Å². The summed E-state index contributed by atoms with van der Waals surface area (Å²) in [6.07, 6.45) is 17.8. The van der Waals surface area contributed by atoms with E-state index in [0.29, 0.717) is 12.5 Å². The van der Waals surface area contributed by atoms with Gasteiger partial charge in [-0.1, -0.05) is 102 Å². The van der Waals surface area contributed by atoms with Crippen molar-refractivity contribution in [2.24, 2.45) is 5.92 Å². The molecule has 0 saturated carbocycles. The van der Waals surface area contributed by atoms with Gasteiger partial charge in [-0.05, 0) is 19.4 Å². The van der Waals surface area contributed by atoms with E-state index in [4.69, 9.17) is 9.47 Å². The van der Waals surface area contributed by atoms with Gasteiger partial charge in [0.25, 0.3) is 0 Å². The molecule has 27 heavy (non-hydrogen) atoms. The Balaban J connectivity index is 1.97. The maximum atomic E-state index is 5.98. The van der Waals surface area contributed by atoms with Crippen LogP contribution >= 0.6 is 0 Å². The van der Waals surface area contributed by atoms with Gasteiger partial charge in [-0.25, -0.2) is 0 Å². The lowest BCUT2D eigenvalue weighted by atomic mass is 10.1. The molecule has 0 aromatic heterocycles. The minimum absolute atomic E-state index is 0.409. The molecule has 1 unspecified atom stereocenters. The first kappa shape index (κ1) is 23.8. The molecule has 0 fully saturated rings. The highest BCUT2D eigenvalue weighted by Crippen LogP contribution is 2.20. The Hall–Kier alpha value is -1.28. The van der Waals surface area contributed by atoms with Crippen molar-refractivity contribution in [2.45, 2.75) is 85.0 Å². The molecule has 0 N–H and O–H groups in total. The van der Waals surface area contributed by atoms with Gasteiger partial charge in [0, 0.05) is 18.1 Å². The molecule has 1 aromatic rings. The molecule has 1 atom stereocenters. The van der Waals surface area contributed by atoms with Crippen molar-refractivity contribution in [1.82, 2.24) is 0 Å². The third kappa shape index (κ3) is 12.7. The van der Waals surface area contributed by atoms with Crippen LogP contribution in [0.15, 0.2) is 30.3 Å². The summed E-state index contributed by atoms with van der Waals surface area (Å²) < 4.78 is 11.8. The van der Waals surface area contributed by atoms with Gasteiger partial charge in [0.2, 0.25) is 0 Å². The molecule has 0 saturated heterocycles. The molecule has 0 aliphatic rings. The largest absolute Gasteiger partial charge is 0.493 e. The van der Waals surface area contributed by atoms with Crippen molar-refractivity contribution in [2.75, 3.05) is 19.8 Å². The van der Waals surface area contributed by atoms with Crippen molar-refractivity contribution in [3.8, 4) is 5.75 Å². The maximum absolute atomic E-state index is 5.98. The number of allylic oxidation sites excluding steroid dienone is 1. The quantitative estimate of drug-likeness (QED) is 0.260. The summed E-state index contributed by atoms with van der Waals surface area (Å²) in [6, 6.07) is 8.18. The first-order valence-corrected chi connectivity index (χ1v) is 11.2. The Labute approximate surface area is 168 Å². The summed E-state index contributed by atoms with van der Waals surface area (Å²) >= 11 is 0. The van der Waals surface area contributed by atoms with Crippen LogP contribution in [0.2, 0.25) is 0 Å². The number of para-hydroxylation sites is 1. The van der Waals surface area contributed by atoms with Gasteiger partial charge in [-0.15, -0.1) is 0 Å². The highest BCUT2D eigenvalue weighted by Gasteiger charge is 2.06. The van der Waals surface area contributed by atoms with Gasteiger partial charge in [0.05, 0.1) is 13.2 Å². The molecule has 0 radical (unpaired) electrons. The van der Waals surface area contributed by atoms with Crippen LogP contribution in [-0.4, -0.2) is 19.8 Å². The van der Waals surface area contributed by atoms with E-state index >= 15 is 0 Å². The summed E-state index contributed by atoms with van der Waals surface area (Å²) in [5.74, 6) is 1.36. The second-order valence-electron chi connectivity index (χ2n) is 7.71. The summed E-state index contributed by atoms with van der Waals surface area (Å²) in [5, 5.41) is 0. The Morgan fingerprint density at radius 2 is 1.48 bits per heavy atom. The minimum atomic E-state index is 0.409. The average Bonchev–Trinajstić information content (AvgIpc) is 2.68. The third-order valence-electron chi connectivity index (χ3n) is 4.83. The molecule has 0 heterocycles. The Morgan fingerprint density at radius 1 is 0.852 bits per heavy atom. The van der Waals surface area contributed by atoms with E-state index in [9.17, 15) is 0 Å². The van der Waals surface area contributed by atoms with Crippen LogP contribution in [0.1, 0.15) is 90.5 Å². The highest BCUT2D eigenvalue weighted by atomic mass is 16.5. The summed E-state index contributed by atoms with van der Waals surface area (Å²) in [7, 11) is 0. The van der Waals surface area contributed by atoms with Crippen LogP contribution in [0.3, 0.4) is 0 Å². The van der Waals surface area contributed by atoms with Gasteiger partial charge in [0.1, 0.15) is 5.75 Å². The van der Waals surface area contributed by atoms with Crippen LogP contribution in [-0.2, 0) is 4.74 Å². The molecule has 2 nitrogen and oxygen atoms in total. The second-order valence-corrected chi connectivity index (χ2v) is 7.71. The van der Waals surface area contributed by atoms with Gasteiger partial charge in [-0.2, -0.15) is 0 Å². The fraction of sp³-hybridized carbons (Fsp3) is 0.680. The van der Waals surface area contributed by atoms with E-state index in [2.05, 4.69) is 26.0 Å². The SMILES string of the molecule is CC=Cc1ccccc1OCC(C)COCCCCCCCCCCCC. The first-order valence-electron chi connectivity index (χ1n) is 11.2. The monoisotopic (exact) mass is 374 g/mol. The number of hydrogen-bond donors (Lipinski definition) is 0. The number of rotatable bonds is 17. The lowest BCUT2D eigenvalue weighted by molar-refractivity contribution is 0.0822. The summed E-state index contributed by atoms with van der Waals surface area (Å²) in [5.41, 5.74) is 1.14. The molecule has 0 bridgehead atoms. The molecular weight excluding hydrogens is 332 g/mol. The lowest BCUT2D eigenvalue weighted by Gasteiger charge is -2.15. The molecule has 1 aromatic carbocycles. The zero-order valence-electron chi connectivity index (χ0n) is 18.1. The number of benzene rings is 1. The van der Waals surface area contributed by atoms with Crippen molar-refractivity contribution in [1.29, 1.82) is 0 Å². The molecule has 0 spiro atoms. The molecule has 0 aliphatic heterocycles. The molecule has 154 valence electrons. The Morgan fingerprint density at radius 3 is 2.15 bits per heavy atom. The number of unbranched alkanes of at least 4 members (excludes halogenated alkanes) is 9. The van der Waals surface area contributed by atoms with Crippen LogP contribution in [0.5, 0.6) is 5.75 Å². The zero-order chi connectivity index (χ0) is 19.6. The molecule has 1 rings (SSSR count). The third-order valence-corrected chi connectivity index (χ3v) is 4.83. The predicted molar refractivity (Wildman–Crippen MR) is 118 cm³/mol. The topological polar surface area (TPSA) is 18.5 Å². The smallest absolute Gasteiger partial charge is 0.126 e. The maximum Gasteiger partial charge on any atom is 0.126 e. The van der Waals surface area contributed by atoms with E-state index in [1.165, 1.54) is 64.2 Å². The van der Waals surface area contributed by atoms with E-state index in [1.807, 2.05) is 31.2 Å². The second kappa shape index (κ2) is 16.9. The first-order chi connectivity index (χ1) is 13.3. The molecule has 2 heteroatoms. The summed E-state index contributed by atoms with van der Waals surface area (Å²) in [6.45, 7) is 8.86. The van der Waals surface area contributed by atoms with Crippen molar-refractivity contribution < 1.29 is 9.47 Å². The number of ether oxygens (including phenoxy) is 2. The van der Waals surface area contributed by atoms with Crippen LogP contribution in [0.25, 0.3) is 6.08 Å². The van der Waals surface area contributed by atoms with E-state index in [0.717, 1.165) is 24.5 Å². The number of hydrogen-bond acceptors (Lipinski definition) is 2. The average molecular weight is 375 g/mol. The molecular formula is C25H42O2. The van der Waals surface area contributed by atoms with Crippen LogP contribution in [0, 0.1) is 5.92 Å². The Kier molecular flexibility index (Phi) is 14.8. The van der Waals surface area contributed by atoms with E-state index < -0.39 is 0 Å². The van der Waals surface area contributed by atoms with Crippen LogP contribution < -0.4 is 4.74 Å². The Bertz CT molecular complexity index is 481. The highest BCUT2D eigenvalue weighted by molar-refractivity contribution is 5.56. The lowest BCUT2D eigenvalue weighted by Crippen LogP contribution is -2.15. The molecule has 0 aliphatic carbocycles. The van der Waals surface area contributed by atoms with Crippen molar-refractivity contribution >= 4 is 6.08 Å². The predicted octanol–water partition coefficient (Wildman–Crippen LogP) is 7.67. The minimum Gasteiger partial charge on any atom is -0.493 e. The van der Waals surface area contributed by atoms with E-state index in [-0.39, 0.29) is 0 Å². The van der Waals surface area contributed by atoms with Crippen molar-refractivity contribution in [3.05, 3.63) is 35.9 Å². The van der Waals surface area contributed by atoms with Gasteiger partial charge < -0.3 is 9.47 Å². The zero-order valence-corrected chi connectivity index (χ0v) is 18.1. The van der Waals surface area contributed by atoms with Crippen LogP contribution in [0.4, 0.5) is 0 Å². The summed E-state index contributed by atoms with van der Waals surface area (Å²) in [4.78, 5) is 0. The van der Waals surface area contributed by atoms with Gasteiger partial charge in [0.15, 0.2) is 0 Å². The van der Waals surface area contributed by atoms with Crippen molar-refractivity contribution in [3.63, 3.8) is 0 Å². The van der Waals surface area contributed by atoms with Gasteiger partial charge in [-0.3, -0.25) is 0 Å².